The quantitative estimate of drug-likeness (QED) is 0.328. The van der Waals surface area contributed by atoms with Crippen LogP contribution in [0, 0.1) is 0 Å². The van der Waals surface area contributed by atoms with Crippen molar-refractivity contribution in [1.29, 1.82) is 0 Å². The first-order chi connectivity index (χ1) is 17.9. The Morgan fingerprint density at radius 1 is 0.868 bits per heavy atom. The number of halogens is 4. The van der Waals surface area contributed by atoms with E-state index >= 15 is 0 Å². The first kappa shape index (κ1) is 30.1. The molecular weight excluding hydrogens is 592 g/mol. The summed E-state index contributed by atoms with van der Waals surface area (Å²) >= 11 is 25.2. The number of benzene rings is 3. The second-order valence-electron chi connectivity index (χ2n) is 8.38. The average Bonchev–Trinajstić information content (AvgIpc) is 2.87. The minimum atomic E-state index is -4.00. The van der Waals surface area contributed by atoms with Gasteiger partial charge < -0.3 is 10.2 Å². The molecule has 0 aliphatic rings. The summed E-state index contributed by atoms with van der Waals surface area (Å²) in [5.74, 6) is -1.12. The first-order valence-corrected chi connectivity index (χ1v) is 14.7. The van der Waals surface area contributed by atoms with Crippen molar-refractivity contribution in [2.75, 3.05) is 24.2 Å². The Bertz CT molecular complexity index is 1400. The molecule has 3 aromatic carbocycles. The standard InChI is InChI=1S/C26H25Cl4N3O4S/c1-31-26(35)23(14-17-8-4-3-5-9-17)32(15-18-19(27)10-6-11-20(18)28)24(34)16-33(38(2,36)37)22-13-7-12-21(29)25(22)30/h3-13,23H,14-16H2,1-2H3,(H,31,35)/t23-/m1/s1. The largest absolute Gasteiger partial charge is 0.357 e. The van der Waals surface area contributed by atoms with E-state index in [9.17, 15) is 18.0 Å². The molecule has 202 valence electrons. The third-order valence-corrected chi connectivity index (χ3v) is 8.43. The number of carbonyl (C=O) groups excluding carboxylic acids is 2. The van der Waals surface area contributed by atoms with Crippen LogP contribution in [0.5, 0.6) is 0 Å². The molecule has 7 nitrogen and oxygen atoms in total. The van der Waals surface area contributed by atoms with E-state index in [1.807, 2.05) is 30.3 Å². The lowest BCUT2D eigenvalue weighted by molar-refractivity contribution is -0.139. The highest BCUT2D eigenvalue weighted by Crippen LogP contribution is 2.34. The molecule has 38 heavy (non-hydrogen) atoms. The van der Waals surface area contributed by atoms with Crippen LogP contribution in [0.1, 0.15) is 11.1 Å². The van der Waals surface area contributed by atoms with E-state index in [1.165, 1.54) is 30.1 Å². The van der Waals surface area contributed by atoms with Gasteiger partial charge in [-0.15, -0.1) is 0 Å². The molecule has 1 atom stereocenters. The van der Waals surface area contributed by atoms with Gasteiger partial charge in [-0.2, -0.15) is 0 Å². The number of nitrogens with zero attached hydrogens (tertiary/aromatic N) is 2. The van der Waals surface area contributed by atoms with Gasteiger partial charge in [0.2, 0.25) is 21.8 Å². The Labute approximate surface area is 242 Å². The predicted octanol–water partition coefficient (Wildman–Crippen LogP) is 5.45. The molecule has 0 bridgehead atoms. The van der Waals surface area contributed by atoms with Crippen molar-refractivity contribution < 1.29 is 18.0 Å². The molecule has 1 N–H and O–H groups in total. The molecule has 3 aromatic rings. The zero-order valence-electron chi connectivity index (χ0n) is 20.5. The average molecular weight is 617 g/mol. The van der Waals surface area contributed by atoms with E-state index < -0.39 is 34.4 Å². The van der Waals surface area contributed by atoms with Crippen molar-refractivity contribution >= 4 is 73.9 Å². The fourth-order valence-corrected chi connectivity index (χ4v) is 5.67. The van der Waals surface area contributed by atoms with E-state index in [-0.39, 0.29) is 28.7 Å². The minimum absolute atomic E-state index is 0.0276. The van der Waals surface area contributed by atoms with E-state index in [4.69, 9.17) is 46.4 Å². The highest BCUT2D eigenvalue weighted by Gasteiger charge is 2.34. The van der Waals surface area contributed by atoms with Crippen LogP contribution in [0.25, 0.3) is 0 Å². The maximum atomic E-state index is 13.9. The molecule has 0 saturated heterocycles. The maximum Gasteiger partial charge on any atom is 0.244 e. The summed E-state index contributed by atoms with van der Waals surface area (Å²) in [6.07, 6.45) is 1.11. The van der Waals surface area contributed by atoms with Gasteiger partial charge in [0, 0.05) is 35.6 Å². The maximum absolute atomic E-state index is 13.9. The molecule has 2 amide bonds. The van der Waals surface area contributed by atoms with Crippen molar-refractivity contribution in [3.63, 3.8) is 0 Å². The highest BCUT2D eigenvalue weighted by molar-refractivity contribution is 7.92. The van der Waals surface area contributed by atoms with E-state index in [0.717, 1.165) is 16.1 Å². The number of rotatable bonds is 10. The summed E-state index contributed by atoms with van der Waals surface area (Å²) in [6.45, 7) is -0.799. The SMILES string of the molecule is CNC(=O)[C@@H](Cc1ccccc1)N(Cc1c(Cl)cccc1Cl)C(=O)CN(c1cccc(Cl)c1Cl)S(C)(=O)=O. The molecule has 0 spiro atoms. The number of carbonyl (C=O) groups is 2. The van der Waals surface area contributed by atoms with Gasteiger partial charge in [0.05, 0.1) is 22.0 Å². The fourth-order valence-electron chi connectivity index (χ4n) is 3.85. The van der Waals surface area contributed by atoms with Gasteiger partial charge in [0.1, 0.15) is 12.6 Å². The third-order valence-electron chi connectivity index (χ3n) is 5.79. The molecule has 12 heteroatoms. The van der Waals surface area contributed by atoms with Gasteiger partial charge in [-0.25, -0.2) is 8.42 Å². The van der Waals surface area contributed by atoms with Crippen molar-refractivity contribution in [2.45, 2.75) is 19.0 Å². The second-order valence-corrected chi connectivity index (χ2v) is 11.9. The highest BCUT2D eigenvalue weighted by atomic mass is 35.5. The Morgan fingerprint density at radius 2 is 1.45 bits per heavy atom. The van der Waals surface area contributed by atoms with Crippen molar-refractivity contribution in [3.05, 3.63) is 97.9 Å². The van der Waals surface area contributed by atoms with Crippen LogP contribution in [0.4, 0.5) is 5.69 Å². The molecule has 0 radical (unpaired) electrons. The third kappa shape index (κ3) is 7.33. The van der Waals surface area contributed by atoms with E-state index in [0.29, 0.717) is 15.6 Å². The van der Waals surface area contributed by atoms with Gasteiger partial charge in [0.25, 0.3) is 0 Å². The lowest BCUT2D eigenvalue weighted by Gasteiger charge is -2.33. The van der Waals surface area contributed by atoms with E-state index in [2.05, 4.69) is 5.32 Å². The number of anilines is 1. The Hall–Kier alpha value is -2.49. The smallest absolute Gasteiger partial charge is 0.244 e. The molecule has 0 unspecified atom stereocenters. The monoisotopic (exact) mass is 615 g/mol. The van der Waals surface area contributed by atoms with Crippen molar-refractivity contribution in [3.8, 4) is 0 Å². The number of amides is 2. The van der Waals surface area contributed by atoms with Gasteiger partial charge in [-0.3, -0.25) is 13.9 Å². The predicted molar refractivity (Wildman–Crippen MR) is 154 cm³/mol. The van der Waals surface area contributed by atoms with Crippen LogP contribution in [-0.2, 0) is 32.6 Å². The summed E-state index contributed by atoms with van der Waals surface area (Å²) in [7, 11) is -2.54. The Morgan fingerprint density at radius 3 is 2.03 bits per heavy atom. The van der Waals surface area contributed by atoms with Crippen LogP contribution in [0.3, 0.4) is 0 Å². The number of likely N-dealkylation sites (N-methyl/N-ethyl adjacent to an activating group) is 1. The second kappa shape index (κ2) is 13.0. The summed E-state index contributed by atoms with van der Waals surface area (Å²) in [4.78, 5) is 28.3. The zero-order chi connectivity index (χ0) is 28.0. The summed E-state index contributed by atoms with van der Waals surface area (Å²) in [6, 6.07) is 17.5. The van der Waals surface area contributed by atoms with Crippen LogP contribution >= 0.6 is 46.4 Å². The van der Waals surface area contributed by atoms with Crippen LogP contribution < -0.4 is 9.62 Å². The summed E-state index contributed by atoms with van der Waals surface area (Å²) in [5, 5.41) is 3.28. The van der Waals surface area contributed by atoms with Gasteiger partial charge in [0.15, 0.2) is 0 Å². The van der Waals surface area contributed by atoms with Crippen LogP contribution in [0.2, 0.25) is 20.1 Å². The molecule has 0 aliphatic heterocycles. The molecule has 0 saturated carbocycles. The molecular formula is C26H25Cl4N3O4S. The van der Waals surface area contributed by atoms with Gasteiger partial charge in [-0.05, 0) is 29.8 Å². The number of sulfonamides is 1. The van der Waals surface area contributed by atoms with E-state index in [1.54, 1.807) is 18.2 Å². The summed E-state index contributed by atoms with van der Waals surface area (Å²) < 4.78 is 26.5. The lowest BCUT2D eigenvalue weighted by atomic mass is 10.0. The van der Waals surface area contributed by atoms with Crippen LogP contribution in [0.15, 0.2) is 66.7 Å². The molecule has 0 heterocycles. The molecule has 0 aliphatic carbocycles. The normalized spacial score (nSPS) is 12.1. The lowest BCUT2D eigenvalue weighted by Crippen LogP contribution is -2.53. The van der Waals surface area contributed by atoms with Crippen molar-refractivity contribution in [2.24, 2.45) is 0 Å². The number of hydrogen-bond acceptors (Lipinski definition) is 4. The molecule has 0 aromatic heterocycles. The number of nitrogens with one attached hydrogen (secondary N) is 1. The number of hydrogen-bond donors (Lipinski definition) is 1. The van der Waals surface area contributed by atoms with Gasteiger partial charge >= 0.3 is 0 Å². The molecule has 0 fully saturated rings. The molecule has 3 rings (SSSR count). The summed E-state index contributed by atoms with van der Waals surface area (Å²) in [5.41, 5.74) is 1.24. The van der Waals surface area contributed by atoms with Gasteiger partial charge in [-0.1, -0.05) is 88.9 Å². The Balaban J connectivity index is 2.10. The zero-order valence-corrected chi connectivity index (χ0v) is 24.3. The fraction of sp³-hybridized carbons (Fsp3) is 0.231. The van der Waals surface area contributed by atoms with Crippen LogP contribution in [-0.4, -0.2) is 51.0 Å². The van der Waals surface area contributed by atoms with Crippen molar-refractivity contribution in [1.82, 2.24) is 10.2 Å². The Kier molecular flexibility index (Phi) is 10.3. The minimum Gasteiger partial charge on any atom is -0.357 e. The topological polar surface area (TPSA) is 86.8 Å². The first-order valence-electron chi connectivity index (χ1n) is 11.3.